The number of amides is 1. The van der Waals surface area contributed by atoms with Gasteiger partial charge < -0.3 is 24.5 Å². The maximum Gasteiger partial charge on any atom is 0.270 e. The van der Waals surface area contributed by atoms with Gasteiger partial charge in [-0.1, -0.05) is 6.07 Å². The Morgan fingerprint density at radius 2 is 2.00 bits per heavy atom. The summed E-state index contributed by atoms with van der Waals surface area (Å²) in [6.45, 7) is 1.17. The molecule has 0 aliphatic carbocycles. The van der Waals surface area contributed by atoms with Crippen LogP contribution in [0.15, 0.2) is 59.3 Å². The van der Waals surface area contributed by atoms with Crippen molar-refractivity contribution < 1.29 is 18.7 Å². The molecule has 7 heteroatoms. The quantitative estimate of drug-likeness (QED) is 0.710. The topological polar surface area (TPSA) is 85.6 Å². The maximum absolute atomic E-state index is 12.2. The molecular weight excluding hydrogens is 334 g/mol. The van der Waals surface area contributed by atoms with E-state index in [0.29, 0.717) is 24.5 Å². The van der Waals surface area contributed by atoms with Crippen molar-refractivity contribution in [2.45, 2.75) is 13.1 Å². The Morgan fingerprint density at radius 1 is 1.08 bits per heavy atom. The first-order valence-electron chi connectivity index (χ1n) is 8.17. The minimum absolute atomic E-state index is 0.256. The summed E-state index contributed by atoms with van der Waals surface area (Å²) in [5.74, 6) is 1.94. The molecule has 3 heterocycles. The lowest BCUT2D eigenvalue weighted by Gasteiger charge is -2.09. The van der Waals surface area contributed by atoms with Crippen LogP contribution in [-0.4, -0.2) is 17.7 Å². The van der Waals surface area contributed by atoms with Crippen LogP contribution < -0.4 is 20.1 Å². The molecule has 1 amide bonds. The second-order valence-corrected chi connectivity index (χ2v) is 5.73. The Bertz CT molecular complexity index is 909. The molecule has 1 aromatic carbocycles. The van der Waals surface area contributed by atoms with Gasteiger partial charge in [-0.3, -0.25) is 9.78 Å². The van der Waals surface area contributed by atoms with Crippen LogP contribution >= 0.6 is 0 Å². The van der Waals surface area contributed by atoms with Gasteiger partial charge in [-0.05, 0) is 42.0 Å². The Kier molecular flexibility index (Phi) is 4.42. The SMILES string of the molecule is O=C(NCc1ccco1)c1cc(NCc2ccc3c(c2)OCO3)ccn1. The van der Waals surface area contributed by atoms with Crippen LogP contribution in [0, 0.1) is 0 Å². The summed E-state index contributed by atoms with van der Waals surface area (Å²) in [4.78, 5) is 16.3. The van der Waals surface area contributed by atoms with Gasteiger partial charge in [0.25, 0.3) is 5.91 Å². The number of fused-ring (bicyclic) bond motifs is 1. The third kappa shape index (κ3) is 3.61. The third-order valence-corrected chi connectivity index (χ3v) is 3.93. The number of hydrogen-bond acceptors (Lipinski definition) is 6. The van der Waals surface area contributed by atoms with Crippen molar-refractivity contribution in [1.29, 1.82) is 0 Å². The number of hydrogen-bond donors (Lipinski definition) is 2. The lowest BCUT2D eigenvalue weighted by molar-refractivity contribution is 0.0943. The van der Waals surface area contributed by atoms with Gasteiger partial charge in [0.15, 0.2) is 11.5 Å². The first-order valence-corrected chi connectivity index (χ1v) is 8.17. The number of benzene rings is 1. The zero-order valence-corrected chi connectivity index (χ0v) is 13.9. The number of pyridine rings is 1. The first kappa shape index (κ1) is 16.0. The monoisotopic (exact) mass is 351 g/mol. The van der Waals surface area contributed by atoms with Crippen LogP contribution in [0.3, 0.4) is 0 Å². The largest absolute Gasteiger partial charge is 0.467 e. The summed E-state index contributed by atoms with van der Waals surface area (Å²) in [6.07, 6.45) is 3.17. The fourth-order valence-corrected chi connectivity index (χ4v) is 2.59. The summed E-state index contributed by atoms with van der Waals surface area (Å²) < 4.78 is 15.9. The van der Waals surface area contributed by atoms with Gasteiger partial charge in [0.1, 0.15) is 11.5 Å². The number of furan rings is 1. The van der Waals surface area contributed by atoms with Crippen molar-refractivity contribution in [1.82, 2.24) is 10.3 Å². The molecule has 2 aromatic heterocycles. The standard InChI is InChI=1S/C19H17N3O4/c23-19(22-11-15-2-1-7-24-15)16-9-14(5-6-20-16)21-10-13-3-4-17-18(8-13)26-12-25-17/h1-9H,10-12H2,(H,20,21)(H,22,23). The molecule has 132 valence electrons. The molecule has 0 bridgehead atoms. The summed E-state index contributed by atoms with van der Waals surface area (Å²) >= 11 is 0. The van der Waals surface area contributed by atoms with Gasteiger partial charge >= 0.3 is 0 Å². The Morgan fingerprint density at radius 3 is 2.88 bits per heavy atom. The van der Waals surface area contributed by atoms with E-state index in [9.17, 15) is 4.79 Å². The predicted octanol–water partition coefficient (Wildman–Crippen LogP) is 2.95. The number of nitrogens with zero attached hydrogens (tertiary/aromatic N) is 1. The number of ether oxygens (including phenoxy) is 2. The molecule has 0 saturated heterocycles. The van der Waals surface area contributed by atoms with E-state index in [0.717, 1.165) is 22.7 Å². The Balaban J connectivity index is 1.37. The highest BCUT2D eigenvalue weighted by Crippen LogP contribution is 2.32. The fourth-order valence-electron chi connectivity index (χ4n) is 2.59. The van der Waals surface area contributed by atoms with Crippen LogP contribution in [-0.2, 0) is 13.1 Å². The van der Waals surface area contributed by atoms with E-state index in [4.69, 9.17) is 13.9 Å². The van der Waals surface area contributed by atoms with Crippen molar-refractivity contribution in [2.24, 2.45) is 0 Å². The molecule has 0 unspecified atom stereocenters. The van der Waals surface area contributed by atoms with E-state index in [1.165, 1.54) is 0 Å². The molecule has 1 aliphatic heterocycles. The highest BCUT2D eigenvalue weighted by molar-refractivity contribution is 5.93. The number of carbonyl (C=O) groups excluding carboxylic acids is 1. The zero-order chi connectivity index (χ0) is 17.8. The number of nitrogens with one attached hydrogen (secondary N) is 2. The van der Waals surface area contributed by atoms with E-state index in [-0.39, 0.29) is 12.7 Å². The predicted molar refractivity (Wildman–Crippen MR) is 94.0 cm³/mol. The van der Waals surface area contributed by atoms with Crippen LogP contribution in [0.2, 0.25) is 0 Å². The minimum atomic E-state index is -0.256. The van der Waals surface area contributed by atoms with Crippen molar-refractivity contribution in [3.63, 3.8) is 0 Å². The van der Waals surface area contributed by atoms with Crippen LogP contribution in [0.25, 0.3) is 0 Å². The third-order valence-electron chi connectivity index (χ3n) is 3.93. The molecule has 4 rings (SSSR count). The number of anilines is 1. The van der Waals surface area contributed by atoms with Crippen molar-refractivity contribution in [2.75, 3.05) is 12.1 Å². The van der Waals surface area contributed by atoms with Crippen molar-refractivity contribution >= 4 is 11.6 Å². The molecule has 0 saturated carbocycles. The molecule has 26 heavy (non-hydrogen) atoms. The van der Waals surface area contributed by atoms with Crippen LogP contribution in [0.5, 0.6) is 11.5 Å². The molecule has 0 atom stereocenters. The van der Waals surface area contributed by atoms with Gasteiger partial charge in [-0.25, -0.2) is 0 Å². The van der Waals surface area contributed by atoms with E-state index in [1.807, 2.05) is 24.3 Å². The zero-order valence-electron chi connectivity index (χ0n) is 13.9. The van der Waals surface area contributed by atoms with Gasteiger partial charge in [0.05, 0.1) is 12.8 Å². The van der Waals surface area contributed by atoms with Crippen molar-refractivity contribution in [3.8, 4) is 11.5 Å². The Hall–Kier alpha value is -3.48. The average molecular weight is 351 g/mol. The molecule has 1 aliphatic rings. The van der Waals surface area contributed by atoms with E-state index < -0.39 is 0 Å². The molecule has 0 spiro atoms. The first-order chi connectivity index (χ1) is 12.8. The minimum Gasteiger partial charge on any atom is -0.467 e. The molecular formula is C19H17N3O4. The highest BCUT2D eigenvalue weighted by atomic mass is 16.7. The van der Waals surface area contributed by atoms with E-state index in [1.54, 1.807) is 30.7 Å². The van der Waals surface area contributed by atoms with Crippen LogP contribution in [0.4, 0.5) is 5.69 Å². The fraction of sp³-hybridized carbons (Fsp3) is 0.158. The number of aromatic nitrogens is 1. The second kappa shape index (κ2) is 7.18. The maximum atomic E-state index is 12.2. The van der Waals surface area contributed by atoms with E-state index in [2.05, 4.69) is 15.6 Å². The number of carbonyl (C=O) groups is 1. The summed E-state index contributed by atoms with van der Waals surface area (Å²) in [5.41, 5.74) is 2.20. The van der Waals surface area contributed by atoms with Crippen LogP contribution in [0.1, 0.15) is 21.8 Å². The number of rotatable bonds is 6. The summed E-state index contributed by atoms with van der Waals surface area (Å²) in [6, 6.07) is 12.9. The molecule has 2 N–H and O–H groups in total. The van der Waals surface area contributed by atoms with Gasteiger partial charge in [0, 0.05) is 18.4 Å². The normalized spacial score (nSPS) is 12.0. The van der Waals surface area contributed by atoms with E-state index >= 15 is 0 Å². The van der Waals surface area contributed by atoms with Gasteiger partial charge in [-0.15, -0.1) is 0 Å². The smallest absolute Gasteiger partial charge is 0.270 e. The summed E-state index contributed by atoms with van der Waals surface area (Å²) in [5, 5.41) is 6.06. The molecule has 3 aromatic rings. The van der Waals surface area contributed by atoms with Gasteiger partial charge in [0.2, 0.25) is 6.79 Å². The molecule has 0 radical (unpaired) electrons. The molecule has 0 fully saturated rings. The average Bonchev–Trinajstić information content (AvgIpc) is 3.35. The summed E-state index contributed by atoms with van der Waals surface area (Å²) in [7, 11) is 0. The Labute approximate surface area is 150 Å². The van der Waals surface area contributed by atoms with Crippen molar-refractivity contribution in [3.05, 3.63) is 71.9 Å². The van der Waals surface area contributed by atoms with Gasteiger partial charge in [-0.2, -0.15) is 0 Å². The lowest BCUT2D eigenvalue weighted by atomic mass is 10.2. The molecule has 7 nitrogen and oxygen atoms in total. The lowest BCUT2D eigenvalue weighted by Crippen LogP contribution is -2.23. The second-order valence-electron chi connectivity index (χ2n) is 5.73. The highest BCUT2D eigenvalue weighted by Gasteiger charge is 2.13.